The minimum absolute atomic E-state index is 0.00352. The maximum atomic E-state index is 10.9. The number of hydrogen-bond donors (Lipinski definition) is 0. The molecule has 0 saturated carbocycles. The van der Waals surface area contributed by atoms with Crippen molar-refractivity contribution in [2.45, 2.75) is 18.8 Å². The lowest BCUT2D eigenvalue weighted by atomic mass is 9.96. The molecule has 4 nitrogen and oxygen atoms in total. The van der Waals surface area contributed by atoms with E-state index in [4.69, 9.17) is 0 Å². The quantitative estimate of drug-likeness (QED) is 0.800. The molecule has 0 bridgehead atoms. The van der Waals surface area contributed by atoms with E-state index < -0.39 is 0 Å². The average Bonchev–Trinajstić information content (AvgIpc) is 2.56. The zero-order chi connectivity index (χ0) is 16.2. The van der Waals surface area contributed by atoms with E-state index in [1.807, 2.05) is 61.5 Å². The standard InChI is InChI=1S/C10H10O2.C9H8O2/c1-7-2-4-8(5-3-7)9-6-12-10(9)11;10-9-8(6-11-9)7-4-2-1-3-5-7/h2-5,9H,6H2,1H3;1-5,8H,6H2. The van der Waals surface area contributed by atoms with Crippen LogP contribution in [0, 0.1) is 6.92 Å². The van der Waals surface area contributed by atoms with Gasteiger partial charge in [-0.2, -0.15) is 0 Å². The third-order valence-electron chi connectivity index (χ3n) is 4.04. The van der Waals surface area contributed by atoms with E-state index in [-0.39, 0.29) is 23.8 Å². The highest BCUT2D eigenvalue weighted by Gasteiger charge is 2.32. The number of esters is 2. The Labute approximate surface area is 135 Å². The van der Waals surface area contributed by atoms with Crippen molar-refractivity contribution >= 4 is 11.9 Å². The molecule has 0 aromatic heterocycles. The smallest absolute Gasteiger partial charge is 0.316 e. The third kappa shape index (κ3) is 3.42. The van der Waals surface area contributed by atoms with E-state index in [2.05, 4.69) is 9.47 Å². The Balaban J connectivity index is 0.000000136. The molecular formula is C19H18O4. The highest BCUT2D eigenvalue weighted by atomic mass is 16.6. The number of carbonyl (C=O) groups is 2. The molecule has 118 valence electrons. The third-order valence-corrected chi connectivity index (χ3v) is 4.04. The van der Waals surface area contributed by atoms with Crippen molar-refractivity contribution in [2.24, 2.45) is 0 Å². The van der Waals surface area contributed by atoms with Gasteiger partial charge in [0.05, 0.1) is 0 Å². The van der Waals surface area contributed by atoms with Crippen molar-refractivity contribution in [2.75, 3.05) is 13.2 Å². The predicted octanol–water partition coefficient (Wildman–Crippen LogP) is 2.96. The molecule has 2 aromatic carbocycles. The Hall–Kier alpha value is -2.62. The van der Waals surface area contributed by atoms with Gasteiger partial charge in [-0.15, -0.1) is 0 Å². The van der Waals surface area contributed by atoms with E-state index in [0.29, 0.717) is 13.2 Å². The molecule has 0 amide bonds. The summed E-state index contributed by atoms with van der Waals surface area (Å²) in [7, 11) is 0. The molecule has 2 heterocycles. The lowest BCUT2D eigenvalue weighted by Gasteiger charge is -2.24. The second-order valence-corrected chi connectivity index (χ2v) is 5.69. The summed E-state index contributed by atoms with van der Waals surface area (Å²) in [5.41, 5.74) is 3.34. The second kappa shape index (κ2) is 6.65. The van der Waals surface area contributed by atoms with Crippen molar-refractivity contribution < 1.29 is 19.1 Å². The summed E-state index contributed by atoms with van der Waals surface area (Å²) in [6, 6.07) is 17.7. The van der Waals surface area contributed by atoms with Gasteiger partial charge in [0.25, 0.3) is 0 Å². The lowest BCUT2D eigenvalue weighted by Crippen LogP contribution is -2.32. The maximum Gasteiger partial charge on any atom is 0.316 e. The molecule has 2 fully saturated rings. The van der Waals surface area contributed by atoms with Gasteiger partial charge in [0.15, 0.2) is 0 Å². The highest BCUT2D eigenvalue weighted by Crippen LogP contribution is 2.25. The molecule has 2 atom stereocenters. The van der Waals surface area contributed by atoms with E-state index in [1.165, 1.54) is 5.56 Å². The molecule has 2 aliphatic rings. The largest absolute Gasteiger partial charge is 0.464 e. The topological polar surface area (TPSA) is 52.6 Å². The zero-order valence-electron chi connectivity index (χ0n) is 12.9. The van der Waals surface area contributed by atoms with Crippen LogP contribution in [0.15, 0.2) is 54.6 Å². The Kier molecular flexibility index (Phi) is 4.42. The minimum Gasteiger partial charge on any atom is -0.464 e. The van der Waals surface area contributed by atoms with Crippen molar-refractivity contribution in [3.8, 4) is 0 Å². The van der Waals surface area contributed by atoms with Gasteiger partial charge in [-0.25, -0.2) is 0 Å². The van der Waals surface area contributed by atoms with Crippen LogP contribution in [-0.2, 0) is 19.1 Å². The summed E-state index contributed by atoms with van der Waals surface area (Å²) in [5, 5.41) is 0. The fourth-order valence-electron chi connectivity index (χ4n) is 2.42. The van der Waals surface area contributed by atoms with Crippen molar-refractivity contribution in [1.82, 2.24) is 0 Å². The van der Waals surface area contributed by atoms with Crippen LogP contribution < -0.4 is 0 Å². The summed E-state index contributed by atoms with van der Waals surface area (Å²) in [6.07, 6.45) is 0. The number of ether oxygens (including phenoxy) is 2. The summed E-state index contributed by atoms with van der Waals surface area (Å²) in [5.74, 6) is -0.211. The Morgan fingerprint density at radius 3 is 1.61 bits per heavy atom. The summed E-state index contributed by atoms with van der Waals surface area (Å²) < 4.78 is 9.35. The molecule has 4 rings (SSSR count). The van der Waals surface area contributed by atoms with E-state index in [1.54, 1.807) is 0 Å². The summed E-state index contributed by atoms with van der Waals surface area (Å²) >= 11 is 0. The molecule has 2 aromatic rings. The molecule has 2 saturated heterocycles. The number of hydrogen-bond acceptors (Lipinski definition) is 4. The predicted molar refractivity (Wildman–Crippen MR) is 85.0 cm³/mol. The van der Waals surface area contributed by atoms with Gasteiger partial charge in [-0.3, -0.25) is 9.59 Å². The van der Waals surface area contributed by atoms with Crippen molar-refractivity contribution in [3.63, 3.8) is 0 Å². The number of rotatable bonds is 2. The minimum atomic E-state index is -0.101. The molecule has 0 spiro atoms. The van der Waals surface area contributed by atoms with Crippen LogP contribution in [0.1, 0.15) is 28.5 Å². The van der Waals surface area contributed by atoms with Crippen LogP contribution in [-0.4, -0.2) is 25.2 Å². The Morgan fingerprint density at radius 1 is 0.739 bits per heavy atom. The first-order valence-corrected chi connectivity index (χ1v) is 7.60. The van der Waals surface area contributed by atoms with Gasteiger partial charge in [-0.1, -0.05) is 60.2 Å². The number of aryl methyl sites for hydroxylation is 1. The molecule has 23 heavy (non-hydrogen) atoms. The monoisotopic (exact) mass is 310 g/mol. The number of carbonyl (C=O) groups excluding carboxylic acids is 2. The fourth-order valence-corrected chi connectivity index (χ4v) is 2.42. The summed E-state index contributed by atoms with van der Waals surface area (Å²) in [6.45, 7) is 3.12. The normalized spacial score (nSPS) is 21.8. The van der Waals surface area contributed by atoms with E-state index in [0.717, 1.165) is 11.1 Å². The van der Waals surface area contributed by atoms with Gasteiger partial charge in [0.1, 0.15) is 25.0 Å². The van der Waals surface area contributed by atoms with Crippen LogP contribution in [0.5, 0.6) is 0 Å². The van der Waals surface area contributed by atoms with Gasteiger partial charge in [0, 0.05) is 0 Å². The van der Waals surface area contributed by atoms with Gasteiger partial charge in [0.2, 0.25) is 0 Å². The first kappa shape index (κ1) is 15.3. The number of cyclic esters (lactones) is 2. The van der Waals surface area contributed by atoms with Crippen molar-refractivity contribution in [3.05, 3.63) is 71.3 Å². The van der Waals surface area contributed by atoms with Crippen molar-refractivity contribution in [1.29, 1.82) is 0 Å². The van der Waals surface area contributed by atoms with Gasteiger partial charge in [-0.05, 0) is 18.1 Å². The molecule has 0 radical (unpaired) electrons. The van der Waals surface area contributed by atoms with Gasteiger partial charge < -0.3 is 9.47 Å². The van der Waals surface area contributed by atoms with Crippen LogP contribution in [0.25, 0.3) is 0 Å². The SMILES string of the molecule is Cc1ccc(C2COC2=O)cc1.O=C1OCC1c1ccccc1. The molecule has 0 aliphatic carbocycles. The average molecular weight is 310 g/mol. The van der Waals surface area contributed by atoms with Crippen LogP contribution >= 0.6 is 0 Å². The maximum absolute atomic E-state index is 10.9. The fraction of sp³-hybridized carbons (Fsp3) is 0.263. The Morgan fingerprint density at radius 2 is 1.22 bits per heavy atom. The van der Waals surface area contributed by atoms with Crippen LogP contribution in [0.4, 0.5) is 0 Å². The first-order chi connectivity index (χ1) is 11.1. The zero-order valence-corrected chi connectivity index (χ0v) is 12.9. The van der Waals surface area contributed by atoms with Gasteiger partial charge >= 0.3 is 11.9 Å². The molecule has 0 N–H and O–H groups in total. The first-order valence-electron chi connectivity index (χ1n) is 7.60. The lowest BCUT2D eigenvalue weighted by molar-refractivity contribution is -0.162. The highest BCUT2D eigenvalue weighted by molar-refractivity contribution is 5.83. The molecule has 4 heteroatoms. The summed E-state index contributed by atoms with van der Waals surface area (Å²) in [4.78, 5) is 21.7. The van der Waals surface area contributed by atoms with E-state index >= 15 is 0 Å². The number of benzene rings is 2. The van der Waals surface area contributed by atoms with Crippen LogP contribution in [0.3, 0.4) is 0 Å². The molecule has 2 unspecified atom stereocenters. The van der Waals surface area contributed by atoms with E-state index in [9.17, 15) is 9.59 Å². The molecule has 2 aliphatic heterocycles. The van der Waals surface area contributed by atoms with Crippen LogP contribution in [0.2, 0.25) is 0 Å². The molecular weight excluding hydrogens is 292 g/mol. The Bertz CT molecular complexity index is 691. The second-order valence-electron chi connectivity index (χ2n) is 5.69.